The van der Waals surface area contributed by atoms with Crippen LogP contribution < -0.4 is 9.47 Å². The van der Waals surface area contributed by atoms with E-state index >= 15 is 13.2 Å². The van der Waals surface area contributed by atoms with Crippen molar-refractivity contribution in [3.05, 3.63) is 159 Å². The molecule has 0 aromatic heterocycles. The quantitative estimate of drug-likeness (QED) is 0.130. The maximum Gasteiger partial charge on any atom is 0.406 e. The number of halogens is 3. The monoisotopic (exact) mass is 608 g/mol. The molecule has 5 rings (SSSR count). The summed E-state index contributed by atoms with van der Waals surface area (Å²) in [5, 5.41) is 0. The van der Waals surface area contributed by atoms with Crippen LogP contribution in [0.15, 0.2) is 103 Å². The van der Waals surface area contributed by atoms with Crippen molar-refractivity contribution in [1.82, 2.24) is 0 Å². The third kappa shape index (κ3) is 5.85. The minimum absolute atomic E-state index is 0.117. The predicted molar refractivity (Wildman–Crippen MR) is 172 cm³/mol. The van der Waals surface area contributed by atoms with Crippen LogP contribution in [-0.4, -0.2) is 19.1 Å². The van der Waals surface area contributed by atoms with E-state index in [1.54, 1.807) is 124 Å². The van der Waals surface area contributed by atoms with Crippen LogP contribution in [0.25, 0.3) is 0 Å². The number of hydrogen-bond donors (Lipinski definition) is 0. The first-order chi connectivity index (χ1) is 21.4. The van der Waals surface area contributed by atoms with Gasteiger partial charge in [-0.1, -0.05) is 54.6 Å². The number of rotatable bonds is 8. The molecule has 0 amide bonds. The van der Waals surface area contributed by atoms with Gasteiger partial charge in [0, 0.05) is 11.1 Å². The van der Waals surface area contributed by atoms with Gasteiger partial charge in [-0.15, -0.1) is 0 Å². The lowest BCUT2D eigenvalue weighted by atomic mass is 9.67. The summed E-state index contributed by atoms with van der Waals surface area (Å²) in [5.74, 6) is 1.45. The van der Waals surface area contributed by atoms with Crippen molar-refractivity contribution in [2.75, 3.05) is 7.11 Å². The van der Waals surface area contributed by atoms with E-state index in [1.807, 2.05) is 20.8 Å². The lowest BCUT2D eigenvalue weighted by Crippen LogP contribution is -2.45. The Balaban J connectivity index is 1.56. The van der Waals surface area contributed by atoms with Gasteiger partial charge in [0.15, 0.2) is 5.78 Å². The highest BCUT2D eigenvalue weighted by molar-refractivity contribution is 6.09. The van der Waals surface area contributed by atoms with E-state index in [1.165, 1.54) is 0 Å². The van der Waals surface area contributed by atoms with Crippen LogP contribution in [-0.2, 0) is 5.41 Å². The third-order valence-electron chi connectivity index (χ3n) is 8.57. The Labute approximate surface area is 262 Å². The van der Waals surface area contributed by atoms with E-state index in [0.717, 1.165) is 16.7 Å². The topological polar surface area (TPSA) is 35.5 Å². The van der Waals surface area contributed by atoms with Crippen molar-refractivity contribution < 1.29 is 27.4 Å². The Morgan fingerprint density at radius 3 is 1.47 bits per heavy atom. The second-order valence-electron chi connectivity index (χ2n) is 11.5. The predicted octanol–water partition coefficient (Wildman–Crippen LogP) is 10.2. The molecule has 0 heterocycles. The molecule has 0 fully saturated rings. The van der Waals surface area contributed by atoms with Crippen LogP contribution in [0, 0.1) is 34.6 Å². The van der Waals surface area contributed by atoms with Crippen LogP contribution in [0.5, 0.6) is 17.2 Å². The normalized spacial score (nSPS) is 12.8. The maximum absolute atomic E-state index is 15.7. The Bertz CT molecular complexity index is 1790. The number of methoxy groups -OCH3 is 1. The molecular weight excluding hydrogens is 573 g/mol. The fraction of sp³-hybridized carbons (Fsp3) is 0.205. The van der Waals surface area contributed by atoms with Crippen LogP contribution in [0.4, 0.5) is 13.2 Å². The summed E-state index contributed by atoms with van der Waals surface area (Å²) in [5.41, 5.74) is 2.74. The van der Waals surface area contributed by atoms with Crippen molar-refractivity contribution in [3.63, 3.8) is 0 Å². The highest BCUT2D eigenvalue weighted by atomic mass is 19.4. The van der Waals surface area contributed by atoms with E-state index in [2.05, 4.69) is 0 Å². The van der Waals surface area contributed by atoms with Crippen LogP contribution in [0.2, 0.25) is 0 Å². The van der Waals surface area contributed by atoms with Gasteiger partial charge >= 0.3 is 6.18 Å². The van der Waals surface area contributed by atoms with E-state index in [9.17, 15) is 4.79 Å². The Hall–Kier alpha value is -4.84. The molecule has 1 unspecified atom stereocenters. The van der Waals surface area contributed by atoms with Crippen molar-refractivity contribution >= 4 is 5.78 Å². The average molecular weight is 609 g/mol. The highest BCUT2D eigenvalue weighted by Gasteiger charge is 2.58. The summed E-state index contributed by atoms with van der Waals surface area (Å²) in [4.78, 5) is 13.0. The zero-order valence-electron chi connectivity index (χ0n) is 26.2. The molecule has 0 radical (unpaired) electrons. The van der Waals surface area contributed by atoms with E-state index in [-0.39, 0.29) is 22.5 Å². The number of ketones is 1. The number of alkyl halides is 3. The second kappa shape index (κ2) is 12.3. The van der Waals surface area contributed by atoms with Gasteiger partial charge in [0.25, 0.3) is 0 Å². The number of aryl methyl sites for hydroxylation is 4. The third-order valence-corrected chi connectivity index (χ3v) is 8.57. The van der Waals surface area contributed by atoms with Crippen LogP contribution >= 0.6 is 0 Å². The van der Waals surface area contributed by atoms with Crippen molar-refractivity contribution in [3.8, 4) is 17.2 Å². The van der Waals surface area contributed by atoms with E-state index < -0.39 is 11.6 Å². The van der Waals surface area contributed by atoms with Crippen molar-refractivity contribution in [2.24, 2.45) is 0 Å². The molecule has 0 saturated heterocycles. The number of carbonyl (C=O) groups is 1. The molecule has 0 bridgehead atoms. The summed E-state index contributed by atoms with van der Waals surface area (Å²) >= 11 is 0. The number of benzene rings is 5. The standard InChI is InChI=1S/C39H35F3O3/c1-24-20-32(21-25(2)28(24)5)38(39(40,41)42,31-10-8-7-9-11-31)33-22-26(3)37(27(4)23-33)45-35-18-14-30(15-19-35)36(43)29-12-16-34(44-6)17-13-29/h7-23H,1-6H3. The minimum atomic E-state index is -4.66. The average Bonchev–Trinajstić information content (AvgIpc) is 3.02. The van der Waals surface area contributed by atoms with Crippen LogP contribution in [0.1, 0.15) is 60.4 Å². The molecular formula is C39H35F3O3. The molecule has 45 heavy (non-hydrogen) atoms. The summed E-state index contributed by atoms with van der Waals surface area (Å²) in [6.07, 6.45) is -4.66. The molecule has 0 spiro atoms. The van der Waals surface area contributed by atoms with Gasteiger partial charge in [0.05, 0.1) is 7.11 Å². The fourth-order valence-electron chi connectivity index (χ4n) is 5.96. The maximum atomic E-state index is 15.7. The molecule has 6 heteroatoms. The largest absolute Gasteiger partial charge is 0.497 e. The summed E-state index contributed by atoms with van der Waals surface area (Å²) < 4.78 is 58.5. The van der Waals surface area contributed by atoms with Gasteiger partial charge in [-0.05, 0) is 128 Å². The zero-order chi connectivity index (χ0) is 32.5. The molecule has 5 aromatic carbocycles. The molecule has 3 nitrogen and oxygen atoms in total. The molecule has 0 aliphatic heterocycles. The lowest BCUT2D eigenvalue weighted by Gasteiger charge is -2.39. The van der Waals surface area contributed by atoms with Gasteiger partial charge in [-0.3, -0.25) is 4.79 Å². The van der Waals surface area contributed by atoms with Gasteiger partial charge in [0.2, 0.25) is 0 Å². The molecule has 0 saturated carbocycles. The summed E-state index contributed by atoms with van der Waals surface area (Å²) in [6, 6.07) is 28.2. The first-order valence-electron chi connectivity index (χ1n) is 14.7. The molecule has 5 aromatic rings. The van der Waals surface area contributed by atoms with E-state index in [4.69, 9.17) is 9.47 Å². The lowest BCUT2D eigenvalue weighted by molar-refractivity contribution is -0.166. The SMILES string of the molecule is COc1ccc(C(=O)c2ccc(Oc3c(C)cc(C(c4ccccc4)(c4cc(C)c(C)c(C)c4)C(F)(F)F)cc3C)cc2)cc1. The highest BCUT2D eigenvalue weighted by Crippen LogP contribution is 2.52. The number of ether oxygens (including phenoxy) is 2. The smallest absolute Gasteiger partial charge is 0.406 e. The van der Waals surface area contributed by atoms with Crippen molar-refractivity contribution in [2.45, 2.75) is 46.2 Å². The minimum Gasteiger partial charge on any atom is -0.497 e. The first-order valence-corrected chi connectivity index (χ1v) is 14.7. The Morgan fingerprint density at radius 1 is 0.578 bits per heavy atom. The Morgan fingerprint density at radius 2 is 1.02 bits per heavy atom. The van der Waals surface area contributed by atoms with Crippen LogP contribution in [0.3, 0.4) is 0 Å². The molecule has 230 valence electrons. The number of carbonyl (C=O) groups excluding carboxylic acids is 1. The van der Waals surface area contributed by atoms with Gasteiger partial charge < -0.3 is 9.47 Å². The molecule has 1 atom stereocenters. The fourth-order valence-corrected chi connectivity index (χ4v) is 5.96. The number of hydrogen-bond acceptors (Lipinski definition) is 3. The van der Waals surface area contributed by atoms with Gasteiger partial charge in [-0.2, -0.15) is 13.2 Å². The molecule has 0 aliphatic rings. The second-order valence-corrected chi connectivity index (χ2v) is 11.5. The molecule has 0 aliphatic carbocycles. The van der Waals surface area contributed by atoms with Crippen molar-refractivity contribution in [1.29, 1.82) is 0 Å². The Kier molecular flexibility index (Phi) is 8.61. The zero-order valence-corrected chi connectivity index (χ0v) is 26.2. The first kappa shape index (κ1) is 31.6. The summed E-state index contributed by atoms with van der Waals surface area (Å²) in [7, 11) is 1.56. The van der Waals surface area contributed by atoms with Gasteiger partial charge in [0.1, 0.15) is 22.7 Å². The molecule has 0 N–H and O–H groups in total. The summed E-state index contributed by atoms with van der Waals surface area (Å²) in [6.45, 7) is 9.13. The van der Waals surface area contributed by atoms with E-state index in [0.29, 0.717) is 39.5 Å². The van der Waals surface area contributed by atoms with Gasteiger partial charge in [-0.25, -0.2) is 0 Å².